The van der Waals surface area contributed by atoms with Crippen LogP contribution >= 0.6 is 23.1 Å². The van der Waals surface area contributed by atoms with E-state index in [-0.39, 0.29) is 0 Å². The van der Waals surface area contributed by atoms with E-state index < -0.39 is 0 Å². The summed E-state index contributed by atoms with van der Waals surface area (Å²) in [4.78, 5) is 9.04. The first kappa shape index (κ1) is 13.9. The summed E-state index contributed by atoms with van der Waals surface area (Å²) in [7, 11) is 2.24. The summed E-state index contributed by atoms with van der Waals surface area (Å²) in [6, 6.07) is 1.04. The van der Waals surface area contributed by atoms with E-state index in [1.807, 2.05) is 11.3 Å². The second-order valence-electron chi connectivity index (χ2n) is 5.43. The minimum absolute atomic E-state index is 0.500. The summed E-state index contributed by atoms with van der Waals surface area (Å²) in [5, 5.41) is 4.94. The molecule has 1 N–H and O–H groups in total. The Morgan fingerprint density at radius 3 is 3.16 bits per heavy atom. The third-order valence-corrected chi connectivity index (χ3v) is 6.36. The van der Waals surface area contributed by atoms with Crippen LogP contribution in [-0.2, 0) is 6.42 Å². The molecule has 19 heavy (non-hydrogen) atoms. The van der Waals surface area contributed by atoms with E-state index >= 15 is 0 Å². The van der Waals surface area contributed by atoms with Crippen molar-refractivity contribution in [1.82, 2.24) is 15.2 Å². The van der Waals surface area contributed by atoms with Gasteiger partial charge in [-0.1, -0.05) is 6.92 Å². The van der Waals surface area contributed by atoms with Crippen molar-refractivity contribution in [3.05, 3.63) is 15.6 Å². The lowest BCUT2D eigenvalue weighted by atomic mass is 9.98. The highest BCUT2D eigenvalue weighted by Crippen LogP contribution is 2.38. The lowest BCUT2D eigenvalue weighted by Crippen LogP contribution is -2.32. The molecule has 1 aromatic heterocycles. The predicted octanol–water partition coefficient (Wildman–Crippen LogP) is 2.85. The van der Waals surface area contributed by atoms with Crippen molar-refractivity contribution in [3.8, 4) is 0 Å². The van der Waals surface area contributed by atoms with Gasteiger partial charge >= 0.3 is 0 Å². The Morgan fingerprint density at radius 1 is 1.47 bits per heavy atom. The molecule has 2 heterocycles. The van der Waals surface area contributed by atoms with Crippen LogP contribution in [0.5, 0.6) is 0 Å². The number of rotatable bonds is 3. The highest BCUT2D eigenvalue weighted by atomic mass is 32.2. The maximum atomic E-state index is 5.03. The number of hydrogen-bond acceptors (Lipinski definition) is 5. The monoisotopic (exact) mass is 297 g/mol. The van der Waals surface area contributed by atoms with Gasteiger partial charge in [0, 0.05) is 22.9 Å². The molecule has 1 saturated heterocycles. The second kappa shape index (κ2) is 6.12. The van der Waals surface area contributed by atoms with Gasteiger partial charge in [0.2, 0.25) is 0 Å². The van der Waals surface area contributed by atoms with E-state index in [2.05, 4.69) is 35.9 Å². The fourth-order valence-corrected chi connectivity index (χ4v) is 5.63. The van der Waals surface area contributed by atoms with Crippen molar-refractivity contribution in [3.63, 3.8) is 0 Å². The van der Waals surface area contributed by atoms with Crippen LogP contribution < -0.4 is 5.32 Å². The Labute approximate surface area is 124 Å². The summed E-state index contributed by atoms with van der Waals surface area (Å²) in [5.41, 5.74) is 1.36. The number of fused-ring (bicyclic) bond motifs is 1. The van der Waals surface area contributed by atoms with Crippen molar-refractivity contribution in [2.24, 2.45) is 0 Å². The van der Waals surface area contributed by atoms with Gasteiger partial charge in [0.1, 0.15) is 5.01 Å². The molecule has 0 amide bonds. The lowest BCUT2D eigenvalue weighted by Gasteiger charge is -2.30. The van der Waals surface area contributed by atoms with Gasteiger partial charge in [0.25, 0.3) is 0 Å². The molecule has 2 aliphatic rings. The van der Waals surface area contributed by atoms with E-state index in [1.165, 1.54) is 52.9 Å². The highest BCUT2D eigenvalue weighted by Gasteiger charge is 2.29. The van der Waals surface area contributed by atoms with Gasteiger partial charge < -0.3 is 5.32 Å². The average molecular weight is 297 g/mol. The zero-order valence-corrected chi connectivity index (χ0v) is 13.4. The summed E-state index contributed by atoms with van der Waals surface area (Å²) < 4.78 is 0. The number of aryl methyl sites for hydroxylation is 1. The van der Waals surface area contributed by atoms with Gasteiger partial charge in [-0.2, -0.15) is 11.8 Å². The molecule has 0 bridgehead atoms. The SMILES string of the molecule is CCNC1CCCc2sc(C3CSCCN3C)nc21. The molecule has 1 aliphatic carbocycles. The van der Waals surface area contributed by atoms with E-state index in [4.69, 9.17) is 4.98 Å². The van der Waals surface area contributed by atoms with Crippen LogP contribution in [0.2, 0.25) is 0 Å². The van der Waals surface area contributed by atoms with Crippen molar-refractivity contribution in [2.75, 3.05) is 31.6 Å². The van der Waals surface area contributed by atoms with E-state index in [9.17, 15) is 0 Å². The van der Waals surface area contributed by atoms with Gasteiger partial charge in [0.05, 0.1) is 17.8 Å². The normalized spacial score (nSPS) is 28.3. The van der Waals surface area contributed by atoms with Gasteiger partial charge in [0.15, 0.2) is 0 Å². The van der Waals surface area contributed by atoms with Crippen molar-refractivity contribution < 1.29 is 0 Å². The maximum Gasteiger partial charge on any atom is 0.111 e. The molecule has 1 aliphatic heterocycles. The van der Waals surface area contributed by atoms with Gasteiger partial charge in [-0.15, -0.1) is 11.3 Å². The first-order chi connectivity index (χ1) is 9.29. The summed E-state index contributed by atoms with van der Waals surface area (Å²) in [6.07, 6.45) is 3.79. The number of thiazole rings is 1. The molecule has 2 atom stereocenters. The number of nitrogens with zero attached hydrogens (tertiary/aromatic N) is 2. The maximum absolute atomic E-state index is 5.03. The number of hydrogen-bond donors (Lipinski definition) is 1. The van der Waals surface area contributed by atoms with Crippen LogP contribution in [0.1, 0.15) is 47.4 Å². The van der Waals surface area contributed by atoms with Crippen molar-refractivity contribution in [1.29, 1.82) is 0 Å². The molecule has 2 unspecified atom stereocenters. The molecule has 0 saturated carbocycles. The molecule has 3 rings (SSSR count). The number of nitrogens with one attached hydrogen (secondary N) is 1. The van der Waals surface area contributed by atoms with Crippen LogP contribution in [0, 0.1) is 0 Å². The number of thioether (sulfide) groups is 1. The van der Waals surface area contributed by atoms with E-state index in [0.717, 1.165) is 6.54 Å². The third kappa shape index (κ3) is 2.84. The molecule has 1 aromatic rings. The first-order valence-electron chi connectivity index (χ1n) is 7.30. The largest absolute Gasteiger partial charge is 0.309 e. The molecule has 0 radical (unpaired) electrons. The lowest BCUT2D eigenvalue weighted by molar-refractivity contribution is 0.273. The standard InChI is InChI=1S/C14H23N3S2/c1-3-15-10-5-4-6-12-13(10)16-14(19-12)11-9-18-8-7-17(11)2/h10-11,15H,3-9H2,1-2H3. The predicted molar refractivity (Wildman–Crippen MR) is 84.2 cm³/mol. The molecule has 1 fully saturated rings. The minimum Gasteiger partial charge on any atom is -0.309 e. The van der Waals surface area contributed by atoms with Crippen LogP contribution in [0.25, 0.3) is 0 Å². The summed E-state index contributed by atoms with van der Waals surface area (Å²) in [6.45, 7) is 4.42. The van der Waals surface area contributed by atoms with Crippen LogP contribution in [-0.4, -0.2) is 41.5 Å². The zero-order valence-electron chi connectivity index (χ0n) is 11.8. The van der Waals surface area contributed by atoms with Crippen LogP contribution in [0.4, 0.5) is 0 Å². The Hall–Kier alpha value is -0.100. The van der Waals surface area contributed by atoms with Gasteiger partial charge in [-0.25, -0.2) is 4.98 Å². The fraction of sp³-hybridized carbons (Fsp3) is 0.786. The van der Waals surface area contributed by atoms with Crippen molar-refractivity contribution in [2.45, 2.75) is 38.3 Å². The second-order valence-corrected chi connectivity index (χ2v) is 7.70. The van der Waals surface area contributed by atoms with Gasteiger partial charge in [-0.3, -0.25) is 4.90 Å². The Balaban J connectivity index is 1.84. The molecular formula is C14H23N3S2. The van der Waals surface area contributed by atoms with Gasteiger partial charge in [-0.05, 0) is 32.9 Å². The molecule has 0 aromatic carbocycles. The minimum atomic E-state index is 0.500. The quantitative estimate of drug-likeness (QED) is 0.928. The average Bonchev–Trinajstić information content (AvgIpc) is 2.84. The Bertz CT molecular complexity index is 432. The third-order valence-electron chi connectivity index (χ3n) is 4.10. The molecule has 3 nitrogen and oxygen atoms in total. The van der Waals surface area contributed by atoms with Crippen LogP contribution in [0.3, 0.4) is 0 Å². The molecule has 106 valence electrons. The first-order valence-corrected chi connectivity index (χ1v) is 9.27. The smallest absolute Gasteiger partial charge is 0.111 e. The topological polar surface area (TPSA) is 28.2 Å². The van der Waals surface area contributed by atoms with E-state index in [0.29, 0.717) is 12.1 Å². The Kier molecular flexibility index (Phi) is 4.47. The fourth-order valence-electron chi connectivity index (χ4n) is 2.97. The Morgan fingerprint density at radius 2 is 2.37 bits per heavy atom. The summed E-state index contributed by atoms with van der Waals surface area (Å²) >= 11 is 4.04. The van der Waals surface area contributed by atoms with Crippen LogP contribution in [0.15, 0.2) is 0 Å². The van der Waals surface area contributed by atoms with Crippen molar-refractivity contribution >= 4 is 23.1 Å². The summed E-state index contributed by atoms with van der Waals surface area (Å²) in [5.74, 6) is 2.47. The molecule has 0 spiro atoms. The zero-order chi connectivity index (χ0) is 13.2. The van der Waals surface area contributed by atoms with E-state index in [1.54, 1.807) is 0 Å². The molecule has 5 heteroatoms. The molecular weight excluding hydrogens is 274 g/mol. The number of aromatic nitrogens is 1. The highest BCUT2D eigenvalue weighted by molar-refractivity contribution is 7.99.